The molecule has 2 aromatic carbocycles. The summed E-state index contributed by atoms with van der Waals surface area (Å²) in [6.07, 6.45) is -0.739. The minimum Gasteiger partial charge on any atom is -0.463 e. The van der Waals surface area contributed by atoms with Gasteiger partial charge in [0.05, 0.1) is 0 Å². The molecule has 0 aliphatic rings. The Morgan fingerprint density at radius 3 is 2.52 bits per heavy atom. The van der Waals surface area contributed by atoms with E-state index in [4.69, 9.17) is 4.42 Å². The third-order valence-corrected chi connectivity index (χ3v) is 4.46. The number of fused-ring (bicyclic) bond motifs is 3. The lowest BCUT2D eigenvalue weighted by atomic mass is 10.0. The van der Waals surface area contributed by atoms with Crippen LogP contribution in [0.5, 0.6) is 0 Å². The molecule has 0 aliphatic heterocycles. The SMILES string of the molecule is CCn1c2ccccc2c2cc(C(O)c3ccc(C)o3)ccc21. The van der Waals surface area contributed by atoms with Crippen molar-refractivity contribution in [1.82, 2.24) is 4.57 Å². The molecule has 0 saturated heterocycles. The zero-order valence-corrected chi connectivity index (χ0v) is 13.3. The molecule has 0 aliphatic carbocycles. The van der Waals surface area contributed by atoms with Gasteiger partial charge in [0.15, 0.2) is 0 Å². The Balaban J connectivity index is 1.92. The third kappa shape index (κ3) is 2.16. The molecular weight excluding hydrogens is 286 g/mol. The summed E-state index contributed by atoms with van der Waals surface area (Å²) in [4.78, 5) is 0. The van der Waals surface area contributed by atoms with Gasteiger partial charge in [-0.05, 0) is 49.7 Å². The number of hydrogen-bond donors (Lipinski definition) is 1. The molecule has 3 nitrogen and oxygen atoms in total. The van der Waals surface area contributed by atoms with E-state index in [0.717, 1.165) is 17.9 Å². The first-order chi connectivity index (χ1) is 11.2. The molecule has 0 saturated carbocycles. The van der Waals surface area contributed by atoms with Crippen molar-refractivity contribution >= 4 is 21.8 Å². The van der Waals surface area contributed by atoms with Gasteiger partial charge in [-0.1, -0.05) is 24.3 Å². The number of para-hydroxylation sites is 1. The monoisotopic (exact) mass is 305 g/mol. The summed E-state index contributed by atoms with van der Waals surface area (Å²) in [6.45, 7) is 4.96. The first kappa shape index (κ1) is 14.1. The molecule has 4 rings (SSSR count). The van der Waals surface area contributed by atoms with Crippen molar-refractivity contribution in [1.29, 1.82) is 0 Å². The van der Waals surface area contributed by atoms with Gasteiger partial charge in [-0.25, -0.2) is 0 Å². The summed E-state index contributed by atoms with van der Waals surface area (Å²) < 4.78 is 7.87. The second-order valence-corrected chi connectivity index (χ2v) is 5.89. The molecule has 1 unspecified atom stereocenters. The first-order valence-electron chi connectivity index (χ1n) is 7.94. The number of furan rings is 1. The van der Waals surface area contributed by atoms with Gasteiger partial charge in [-0.15, -0.1) is 0 Å². The number of aromatic nitrogens is 1. The predicted molar refractivity (Wildman–Crippen MR) is 92.6 cm³/mol. The van der Waals surface area contributed by atoms with E-state index in [-0.39, 0.29) is 0 Å². The average Bonchev–Trinajstić information content (AvgIpc) is 3.15. The molecule has 116 valence electrons. The van der Waals surface area contributed by atoms with Crippen LogP contribution in [0.15, 0.2) is 59.0 Å². The van der Waals surface area contributed by atoms with Crippen LogP contribution in [0.4, 0.5) is 0 Å². The fourth-order valence-corrected chi connectivity index (χ4v) is 3.35. The van der Waals surface area contributed by atoms with E-state index in [1.165, 1.54) is 21.8 Å². The minimum atomic E-state index is -0.739. The van der Waals surface area contributed by atoms with E-state index in [9.17, 15) is 5.11 Å². The fraction of sp³-hybridized carbons (Fsp3) is 0.200. The van der Waals surface area contributed by atoms with Crippen LogP contribution >= 0.6 is 0 Å². The lowest BCUT2D eigenvalue weighted by Crippen LogP contribution is -1.98. The predicted octanol–water partition coefficient (Wildman–Crippen LogP) is 4.80. The van der Waals surface area contributed by atoms with E-state index in [1.807, 2.05) is 25.1 Å². The summed E-state index contributed by atoms with van der Waals surface area (Å²) >= 11 is 0. The Bertz CT molecular complexity index is 993. The van der Waals surface area contributed by atoms with Crippen LogP contribution < -0.4 is 0 Å². The van der Waals surface area contributed by atoms with Gasteiger partial charge in [-0.2, -0.15) is 0 Å². The molecule has 0 amide bonds. The number of rotatable bonds is 3. The highest BCUT2D eigenvalue weighted by atomic mass is 16.4. The maximum Gasteiger partial charge on any atom is 0.137 e. The van der Waals surface area contributed by atoms with Crippen molar-refractivity contribution in [2.75, 3.05) is 0 Å². The van der Waals surface area contributed by atoms with E-state index < -0.39 is 6.10 Å². The summed E-state index contributed by atoms with van der Waals surface area (Å²) in [6, 6.07) is 18.3. The number of aliphatic hydroxyl groups excluding tert-OH is 1. The lowest BCUT2D eigenvalue weighted by molar-refractivity contribution is 0.188. The Morgan fingerprint density at radius 2 is 1.78 bits per heavy atom. The molecule has 0 spiro atoms. The van der Waals surface area contributed by atoms with Gasteiger partial charge in [0.1, 0.15) is 17.6 Å². The summed E-state index contributed by atoms with van der Waals surface area (Å²) in [5, 5.41) is 13.0. The van der Waals surface area contributed by atoms with Gasteiger partial charge in [-0.3, -0.25) is 0 Å². The van der Waals surface area contributed by atoms with Gasteiger partial charge in [0, 0.05) is 28.4 Å². The number of aryl methyl sites for hydroxylation is 2. The van der Waals surface area contributed by atoms with E-state index >= 15 is 0 Å². The maximum atomic E-state index is 10.6. The van der Waals surface area contributed by atoms with Crippen molar-refractivity contribution in [3.05, 3.63) is 71.7 Å². The van der Waals surface area contributed by atoms with Gasteiger partial charge < -0.3 is 14.1 Å². The van der Waals surface area contributed by atoms with E-state index in [1.54, 1.807) is 0 Å². The zero-order valence-electron chi connectivity index (χ0n) is 13.3. The average molecular weight is 305 g/mol. The third-order valence-electron chi connectivity index (χ3n) is 4.46. The Kier molecular flexibility index (Phi) is 3.24. The Labute approximate surface area is 134 Å². The van der Waals surface area contributed by atoms with Crippen molar-refractivity contribution in [3.63, 3.8) is 0 Å². The molecule has 2 heterocycles. The molecule has 2 aromatic heterocycles. The molecule has 3 heteroatoms. The van der Waals surface area contributed by atoms with Crippen LogP contribution in [0, 0.1) is 6.92 Å². The normalized spacial score (nSPS) is 13.0. The van der Waals surface area contributed by atoms with Crippen molar-refractivity contribution in [2.45, 2.75) is 26.5 Å². The number of nitrogens with zero attached hydrogens (tertiary/aromatic N) is 1. The Hall–Kier alpha value is -2.52. The second kappa shape index (κ2) is 5.28. The first-order valence-corrected chi connectivity index (χ1v) is 7.94. The van der Waals surface area contributed by atoms with Crippen molar-refractivity contribution in [2.24, 2.45) is 0 Å². The molecule has 1 N–H and O–H groups in total. The molecular formula is C20H19NO2. The van der Waals surface area contributed by atoms with Gasteiger partial charge in [0.2, 0.25) is 0 Å². The van der Waals surface area contributed by atoms with Crippen LogP contribution in [0.25, 0.3) is 21.8 Å². The highest BCUT2D eigenvalue weighted by Gasteiger charge is 2.16. The van der Waals surface area contributed by atoms with Crippen molar-refractivity contribution in [3.8, 4) is 0 Å². The van der Waals surface area contributed by atoms with E-state index in [0.29, 0.717) is 5.76 Å². The van der Waals surface area contributed by atoms with Crippen LogP contribution in [0.3, 0.4) is 0 Å². The molecule has 23 heavy (non-hydrogen) atoms. The maximum absolute atomic E-state index is 10.6. The summed E-state index contributed by atoms with van der Waals surface area (Å²) in [7, 11) is 0. The highest BCUT2D eigenvalue weighted by Crippen LogP contribution is 2.32. The Morgan fingerprint density at radius 1 is 1.00 bits per heavy atom. The standard InChI is InChI=1S/C20H19NO2/c1-3-21-17-7-5-4-6-15(17)16-12-14(9-10-18(16)21)20(22)19-11-8-13(2)23-19/h4-12,20,22H,3H2,1-2H3. The van der Waals surface area contributed by atoms with Gasteiger partial charge >= 0.3 is 0 Å². The molecule has 0 bridgehead atoms. The molecule has 4 aromatic rings. The molecule has 0 fully saturated rings. The molecule has 0 radical (unpaired) electrons. The smallest absolute Gasteiger partial charge is 0.137 e. The van der Waals surface area contributed by atoms with Crippen LogP contribution in [0.2, 0.25) is 0 Å². The zero-order chi connectivity index (χ0) is 16.0. The highest BCUT2D eigenvalue weighted by molar-refractivity contribution is 6.08. The minimum absolute atomic E-state index is 0.584. The van der Waals surface area contributed by atoms with Gasteiger partial charge in [0.25, 0.3) is 0 Å². The number of benzene rings is 2. The lowest BCUT2D eigenvalue weighted by Gasteiger charge is -2.09. The van der Waals surface area contributed by atoms with Crippen molar-refractivity contribution < 1.29 is 9.52 Å². The van der Waals surface area contributed by atoms with E-state index in [2.05, 4.69) is 47.9 Å². The topological polar surface area (TPSA) is 38.3 Å². The number of hydrogen-bond acceptors (Lipinski definition) is 2. The molecule has 1 atom stereocenters. The largest absolute Gasteiger partial charge is 0.463 e. The summed E-state index contributed by atoms with van der Waals surface area (Å²) in [5.74, 6) is 1.39. The van der Waals surface area contributed by atoms with Crippen LogP contribution in [-0.2, 0) is 6.54 Å². The summed E-state index contributed by atoms with van der Waals surface area (Å²) in [5.41, 5.74) is 3.27. The van der Waals surface area contributed by atoms with Crippen LogP contribution in [-0.4, -0.2) is 9.67 Å². The quantitative estimate of drug-likeness (QED) is 0.590. The fourth-order valence-electron chi connectivity index (χ4n) is 3.35. The van der Waals surface area contributed by atoms with Crippen LogP contribution in [0.1, 0.15) is 30.1 Å². The number of aliphatic hydroxyl groups is 1. The second-order valence-electron chi connectivity index (χ2n) is 5.89.